The summed E-state index contributed by atoms with van der Waals surface area (Å²) in [6.07, 6.45) is 4.30. The average Bonchev–Trinajstić information content (AvgIpc) is 3.19. The molecule has 2 saturated heterocycles. The monoisotopic (exact) mass is 298 g/mol. The van der Waals surface area contributed by atoms with Gasteiger partial charge in [-0.05, 0) is 46.6 Å². The molecule has 2 aliphatic heterocycles. The van der Waals surface area contributed by atoms with Crippen LogP contribution in [0.15, 0.2) is 0 Å². The van der Waals surface area contributed by atoms with Crippen LogP contribution in [0.5, 0.6) is 0 Å². The summed E-state index contributed by atoms with van der Waals surface area (Å²) in [5, 5.41) is 0. The molecular formula is C17H34N2O2. The molecule has 124 valence electrons. The molecule has 1 spiro atoms. The number of hydrogen-bond donors (Lipinski definition) is 0. The molecule has 0 aromatic rings. The highest BCUT2D eigenvalue weighted by molar-refractivity contribution is 5.00. The van der Waals surface area contributed by atoms with Crippen LogP contribution >= 0.6 is 0 Å². The Morgan fingerprint density at radius 2 is 1.95 bits per heavy atom. The van der Waals surface area contributed by atoms with Crippen molar-refractivity contribution in [2.24, 2.45) is 0 Å². The van der Waals surface area contributed by atoms with Crippen LogP contribution in [0.25, 0.3) is 0 Å². The average molecular weight is 298 g/mol. The molecule has 0 N–H and O–H groups in total. The maximum atomic E-state index is 5.71. The lowest BCUT2D eigenvalue weighted by Crippen LogP contribution is -2.44. The number of hydrogen-bond acceptors (Lipinski definition) is 4. The summed E-state index contributed by atoms with van der Waals surface area (Å²) in [6, 6.07) is 0.673. The van der Waals surface area contributed by atoms with Gasteiger partial charge >= 0.3 is 0 Å². The molecule has 0 bridgehead atoms. The van der Waals surface area contributed by atoms with Gasteiger partial charge in [0.05, 0.1) is 24.9 Å². The summed E-state index contributed by atoms with van der Waals surface area (Å²) < 4.78 is 11.1. The third-order valence-corrected chi connectivity index (χ3v) is 4.68. The standard InChI is InChI=1S/C9H17NO.C8H17NO/c1-2-5-10-6-7-11-9(8-10)3-4-9;1-7(2)9-4-5-10-8(3)6-9/h2-8H2,1H3;7-8H,4-6H2,1-3H3. The topological polar surface area (TPSA) is 24.9 Å². The maximum Gasteiger partial charge on any atom is 0.0811 e. The van der Waals surface area contributed by atoms with Crippen molar-refractivity contribution in [1.82, 2.24) is 9.80 Å². The summed E-state index contributed by atoms with van der Waals surface area (Å²) in [7, 11) is 0. The van der Waals surface area contributed by atoms with Crippen molar-refractivity contribution in [3.63, 3.8) is 0 Å². The Hall–Kier alpha value is -0.160. The van der Waals surface area contributed by atoms with Crippen molar-refractivity contribution in [2.75, 3.05) is 45.9 Å². The van der Waals surface area contributed by atoms with E-state index >= 15 is 0 Å². The lowest BCUT2D eigenvalue weighted by molar-refractivity contribution is -0.0457. The number of nitrogens with zero attached hydrogens (tertiary/aromatic N) is 2. The van der Waals surface area contributed by atoms with E-state index in [0.717, 1.165) is 32.8 Å². The van der Waals surface area contributed by atoms with E-state index in [0.29, 0.717) is 17.7 Å². The molecule has 0 radical (unpaired) electrons. The van der Waals surface area contributed by atoms with Crippen LogP contribution in [-0.4, -0.2) is 73.5 Å². The molecule has 3 rings (SSSR count). The van der Waals surface area contributed by atoms with E-state index < -0.39 is 0 Å². The fourth-order valence-corrected chi connectivity index (χ4v) is 3.19. The maximum absolute atomic E-state index is 5.71. The molecular weight excluding hydrogens is 264 g/mol. The predicted molar refractivity (Wildman–Crippen MR) is 86.8 cm³/mol. The van der Waals surface area contributed by atoms with Gasteiger partial charge in [-0.3, -0.25) is 9.80 Å². The van der Waals surface area contributed by atoms with Crippen LogP contribution in [0.4, 0.5) is 0 Å². The van der Waals surface area contributed by atoms with Gasteiger partial charge in [0.1, 0.15) is 0 Å². The van der Waals surface area contributed by atoms with E-state index in [2.05, 4.69) is 37.5 Å². The Kier molecular flexibility index (Phi) is 6.48. The van der Waals surface area contributed by atoms with Crippen molar-refractivity contribution in [1.29, 1.82) is 0 Å². The molecule has 0 aromatic carbocycles. The highest BCUT2D eigenvalue weighted by Gasteiger charge is 2.46. The minimum absolute atomic E-state index is 0.327. The van der Waals surface area contributed by atoms with E-state index in [-0.39, 0.29) is 0 Å². The fourth-order valence-electron chi connectivity index (χ4n) is 3.19. The van der Waals surface area contributed by atoms with E-state index in [1.807, 2.05) is 0 Å². The second-order valence-corrected chi connectivity index (χ2v) is 7.08. The smallest absolute Gasteiger partial charge is 0.0811 e. The molecule has 21 heavy (non-hydrogen) atoms. The Bertz CT molecular complexity index is 303. The first kappa shape index (κ1) is 17.2. The highest BCUT2D eigenvalue weighted by atomic mass is 16.5. The lowest BCUT2D eigenvalue weighted by Gasteiger charge is -2.33. The molecule has 0 amide bonds. The first-order chi connectivity index (χ1) is 10.0. The molecule has 1 aliphatic carbocycles. The fraction of sp³-hybridized carbons (Fsp3) is 1.00. The SMILES string of the molecule is CC1CN(C(C)C)CCO1.CCCN1CCOC2(CC2)C1. The van der Waals surface area contributed by atoms with Gasteiger partial charge in [-0.1, -0.05) is 6.92 Å². The second-order valence-electron chi connectivity index (χ2n) is 7.08. The molecule has 3 aliphatic rings. The zero-order valence-corrected chi connectivity index (χ0v) is 14.4. The molecule has 4 nitrogen and oxygen atoms in total. The van der Waals surface area contributed by atoms with Gasteiger partial charge in [-0.25, -0.2) is 0 Å². The largest absolute Gasteiger partial charge is 0.376 e. The van der Waals surface area contributed by atoms with E-state index in [1.54, 1.807) is 0 Å². The minimum Gasteiger partial charge on any atom is -0.376 e. The van der Waals surface area contributed by atoms with Crippen molar-refractivity contribution in [3.8, 4) is 0 Å². The lowest BCUT2D eigenvalue weighted by atomic mass is 10.2. The first-order valence-electron chi connectivity index (χ1n) is 8.76. The summed E-state index contributed by atoms with van der Waals surface area (Å²) in [5.41, 5.74) is 0.327. The van der Waals surface area contributed by atoms with Crippen LogP contribution in [0, 0.1) is 0 Å². The summed E-state index contributed by atoms with van der Waals surface area (Å²) in [6.45, 7) is 16.5. The molecule has 1 atom stereocenters. The molecule has 4 heteroatoms. The Labute approximate surface area is 130 Å². The first-order valence-corrected chi connectivity index (χ1v) is 8.76. The van der Waals surface area contributed by atoms with Gasteiger partial charge in [0.2, 0.25) is 0 Å². The van der Waals surface area contributed by atoms with Crippen LogP contribution in [-0.2, 0) is 9.47 Å². The van der Waals surface area contributed by atoms with Crippen molar-refractivity contribution in [3.05, 3.63) is 0 Å². The molecule has 1 unspecified atom stereocenters. The second kappa shape index (κ2) is 7.91. The van der Waals surface area contributed by atoms with Crippen LogP contribution in [0.2, 0.25) is 0 Å². The normalized spacial score (nSPS) is 29.3. The highest BCUT2D eigenvalue weighted by Crippen LogP contribution is 2.41. The molecule has 0 aromatic heterocycles. The third-order valence-electron chi connectivity index (χ3n) is 4.68. The van der Waals surface area contributed by atoms with Crippen molar-refractivity contribution in [2.45, 2.75) is 64.7 Å². The van der Waals surface area contributed by atoms with Crippen LogP contribution in [0.1, 0.15) is 47.0 Å². The van der Waals surface area contributed by atoms with Crippen LogP contribution < -0.4 is 0 Å². The van der Waals surface area contributed by atoms with Gasteiger partial charge in [-0.2, -0.15) is 0 Å². The quantitative estimate of drug-likeness (QED) is 0.799. The number of rotatable bonds is 3. The Balaban J connectivity index is 0.000000155. The summed E-state index contributed by atoms with van der Waals surface area (Å²) >= 11 is 0. The van der Waals surface area contributed by atoms with E-state index in [4.69, 9.17) is 9.47 Å². The Morgan fingerprint density at radius 1 is 1.19 bits per heavy atom. The third kappa shape index (κ3) is 5.51. The zero-order valence-electron chi connectivity index (χ0n) is 14.4. The van der Waals surface area contributed by atoms with Gasteiger partial charge in [0, 0.05) is 32.2 Å². The molecule has 2 heterocycles. The van der Waals surface area contributed by atoms with E-state index in [1.165, 1.54) is 32.4 Å². The summed E-state index contributed by atoms with van der Waals surface area (Å²) in [5.74, 6) is 0. The van der Waals surface area contributed by atoms with Crippen LogP contribution in [0.3, 0.4) is 0 Å². The number of morpholine rings is 2. The van der Waals surface area contributed by atoms with Gasteiger partial charge < -0.3 is 9.47 Å². The van der Waals surface area contributed by atoms with Gasteiger partial charge in [-0.15, -0.1) is 0 Å². The zero-order chi connectivity index (χ0) is 15.3. The van der Waals surface area contributed by atoms with Gasteiger partial charge in [0.25, 0.3) is 0 Å². The predicted octanol–water partition coefficient (Wildman–Crippen LogP) is 2.38. The minimum atomic E-state index is 0.327. The summed E-state index contributed by atoms with van der Waals surface area (Å²) in [4.78, 5) is 4.99. The Morgan fingerprint density at radius 3 is 2.48 bits per heavy atom. The molecule has 1 saturated carbocycles. The van der Waals surface area contributed by atoms with Crippen molar-refractivity contribution >= 4 is 0 Å². The molecule has 3 fully saturated rings. The van der Waals surface area contributed by atoms with E-state index in [9.17, 15) is 0 Å². The van der Waals surface area contributed by atoms with Crippen molar-refractivity contribution < 1.29 is 9.47 Å². The number of ether oxygens (including phenoxy) is 2. The van der Waals surface area contributed by atoms with Gasteiger partial charge in [0.15, 0.2) is 0 Å².